The van der Waals surface area contributed by atoms with Crippen molar-refractivity contribution >= 4 is 0 Å². The third-order valence-corrected chi connectivity index (χ3v) is 1.13. The number of alkyl halides is 1. The molecule has 1 aromatic carbocycles. The molecule has 0 aliphatic carbocycles. The summed E-state index contributed by atoms with van der Waals surface area (Å²) in [6.45, 7) is -0.536. The van der Waals surface area contributed by atoms with Crippen molar-refractivity contribution in [2.24, 2.45) is 0 Å². The molecule has 1 nitrogen and oxygen atoms in total. The molecule has 0 fully saturated rings. The van der Waals surface area contributed by atoms with Gasteiger partial charge in [-0.1, -0.05) is 0 Å². The highest BCUT2D eigenvalue weighted by Crippen LogP contribution is 2.03. The number of nitrogens with zero attached hydrogens (tertiary/aromatic N) is 1. The van der Waals surface area contributed by atoms with Crippen LogP contribution in [-0.2, 0) is 6.67 Å². The molecular weight excluding hydrogens is 129 g/mol. The molecule has 0 amide bonds. The van der Waals surface area contributed by atoms with Gasteiger partial charge in [0.25, 0.3) is 0 Å². The largest absolute Gasteiger partial charge is 0.246 e. The zero-order valence-electron chi connectivity index (χ0n) is 5.26. The van der Waals surface area contributed by atoms with Crippen molar-refractivity contribution in [3.8, 4) is 6.07 Å². The molecule has 0 N–H and O–H groups in total. The summed E-state index contributed by atoms with van der Waals surface area (Å²) in [6.07, 6.45) is 0. The van der Waals surface area contributed by atoms with Gasteiger partial charge in [-0.25, -0.2) is 4.39 Å². The van der Waals surface area contributed by atoms with Crippen LogP contribution in [0, 0.1) is 17.4 Å². The fourth-order valence-electron chi connectivity index (χ4n) is 0.663. The highest BCUT2D eigenvalue weighted by Gasteiger charge is 1.92. The second kappa shape index (κ2) is 2.98. The van der Waals surface area contributed by atoms with E-state index in [0.717, 1.165) is 0 Å². The zero-order chi connectivity index (χ0) is 7.40. The second-order valence-electron chi connectivity index (χ2n) is 1.88. The maximum absolute atomic E-state index is 11.9. The standard InChI is InChI=1S/C8H5FN/c9-5-7-2-1-3-8(4-7)6-10/h2-4H,5H2. The lowest BCUT2D eigenvalue weighted by molar-refractivity contribution is 0.485. The van der Waals surface area contributed by atoms with Crippen LogP contribution in [0.4, 0.5) is 4.39 Å². The highest BCUT2D eigenvalue weighted by atomic mass is 19.1. The Hall–Kier alpha value is -1.36. The van der Waals surface area contributed by atoms with E-state index in [1.807, 2.05) is 6.07 Å². The van der Waals surface area contributed by atoms with Crippen LogP contribution in [0.5, 0.6) is 0 Å². The van der Waals surface area contributed by atoms with Gasteiger partial charge in [0.1, 0.15) is 6.67 Å². The van der Waals surface area contributed by atoms with E-state index in [1.54, 1.807) is 0 Å². The van der Waals surface area contributed by atoms with Gasteiger partial charge in [0.2, 0.25) is 0 Å². The molecule has 0 spiro atoms. The Balaban J connectivity index is 3.01. The van der Waals surface area contributed by atoms with Gasteiger partial charge in [0.05, 0.1) is 11.6 Å². The Bertz CT molecular complexity index is 262. The normalized spacial score (nSPS) is 8.80. The van der Waals surface area contributed by atoms with Gasteiger partial charge in [-0.2, -0.15) is 5.26 Å². The molecule has 0 aliphatic rings. The quantitative estimate of drug-likeness (QED) is 0.574. The number of hydrogen-bond acceptors (Lipinski definition) is 1. The lowest BCUT2D eigenvalue weighted by Gasteiger charge is -1.91. The van der Waals surface area contributed by atoms with E-state index in [0.29, 0.717) is 11.1 Å². The monoisotopic (exact) mass is 134 g/mol. The van der Waals surface area contributed by atoms with E-state index in [-0.39, 0.29) is 0 Å². The van der Waals surface area contributed by atoms with Crippen molar-refractivity contribution in [2.45, 2.75) is 6.67 Å². The molecule has 10 heavy (non-hydrogen) atoms. The van der Waals surface area contributed by atoms with Gasteiger partial charge in [-0.05, 0) is 29.8 Å². The summed E-state index contributed by atoms with van der Waals surface area (Å²) in [6, 6.07) is 9.14. The molecule has 49 valence electrons. The number of halogens is 1. The van der Waals surface area contributed by atoms with Gasteiger partial charge in [0.15, 0.2) is 0 Å². The summed E-state index contributed by atoms with van der Waals surface area (Å²) < 4.78 is 11.9. The first-order valence-electron chi connectivity index (χ1n) is 2.83. The number of hydrogen-bond donors (Lipinski definition) is 0. The van der Waals surface area contributed by atoms with Gasteiger partial charge in [-0.3, -0.25) is 0 Å². The van der Waals surface area contributed by atoms with Gasteiger partial charge in [0, 0.05) is 0 Å². The van der Waals surface area contributed by atoms with Crippen LogP contribution in [0.1, 0.15) is 11.1 Å². The van der Waals surface area contributed by atoms with Crippen LogP contribution < -0.4 is 0 Å². The molecule has 0 bridgehead atoms. The molecule has 0 unspecified atom stereocenters. The minimum atomic E-state index is -0.536. The Morgan fingerprint density at radius 2 is 2.40 bits per heavy atom. The van der Waals surface area contributed by atoms with Crippen molar-refractivity contribution in [3.63, 3.8) is 0 Å². The van der Waals surface area contributed by atoms with Crippen LogP contribution >= 0.6 is 0 Å². The number of benzene rings is 1. The Labute approximate surface area is 58.7 Å². The van der Waals surface area contributed by atoms with Gasteiger partial charge in [-0.15, -0.1) is 0 Å². The van der Waals surface area contributed by atoms with Crippen LogP contribution in [0.3, 0.4) is 0 Å². The zero-order valence-corrected chi connectivity index (χ0v) is 5.26. The molecular formula is C8H5FN. The second-order valence-corrected chi connectivity index (χ2v) is 1.88. The van der Waals surface area contributed by atoms with Gasteiger partial charge >= 0.3 is 0 Å². The maximum Gasteiger partial charge on any atom is 0.115 e. The molecule has 0 aromatic heterocycles. The molecule has 0 atom stereocenters. The van der Waals surface area contributed by atoms with Crippen LogP contribution in [0.25, 0.3) is 0 Å². The molecule has 0 aliphatic heterocycles. The Kier molecular flexibility index (Phi) is 2.01. The summed E-state index contributed by atoms with van der Waals surface area (Å²) in [7, 11) is 0. The summed E-state index contributed by atoms with van der Waals surface area (Å²) >= 11 is 0. The minimum Gasteiger partial charge on any atom is -0.246 e. The van der Waals surface area contributed by atoms with E-state index in [2.05, 4.69) is 6.07 Å². The average molecular weight is 134 g/mol. The number of nitriles is 1. The summed E-state index contributed by atoms with van der Waals surface area (Å²) in [5.41, 5.74) is 0.953. The van der Waals surface area contributed by atoms with E-state index in [4.69, 9.17) is 5.26 Å². The number of rotatable bonds is 1. The predicted molar refractivity (Wildman–Crippen MR) is 34.8 cm³/mol. The molecule has 0 heterocycles. The SMILES string of the molecule is N#Cc1c[c]cc(CF)c1. The molecule has 0 saturated carbocycles. The van der Waals surface area contributed by atoms with Crippen molar-refractivity contribution in [1.29, 1.82) is 5.26 Å². The van der Waals surface area contributed by atoms with E-state index < -0.39 is 6.67 Å². The Morgan fingerprint density at radius 3 is 3.00 bits per heavy atom. The first-order chi connectivity index (χ1) is 4.86. The van der Waals surface area contributed by atoms with Crippen molar-refractivity contribution in [3.05, 3.63) is 35.4 Å². The topological polar surface area (TPSA) is 23.8 Å². The van der Waals surface area contributed by atoms with Crippen molar-refractivity contribution < 1.29 is 4.39 Å². The lowest BCUT2D eigenvalue weighted by atomic mass is 10.1. The molecule has 2 heteroatoms. The maximum atomic E-state index is 11.9. The van der Waals surface area contributed by atoms with Crippen LogP contribution in [-0.4, -0.2) is 0 Å². The molecule has 1 radical (unpaired) electrons. The third kappa shape index (κ3) is 1.32. The van der Waals surface area contributed by atoms with E-state index in [1.165, 1.54) is 18.2 Å². The third-order valence-electron chi connectivity index (χ3n) is 1.13. The summed E-state index contributed by atoms with van der Waals surface area (Å²) in [5, 5.41) is 8.37. The average Bonchev–Trinajstić information content (AvgIpc) is 2.05. The summed E-state index contributed by atoms with van der Waals surface area (Å²) in [4.78, 5) is 0. The highest BCUT2D eigenvalue weighted by molar-refractivity contribution is 5.31. The first kappa shape index (κ1) is 6.76. The van der Waals surface area contributed by atoms with E-state index in [9.17, 15) is 4.39 Å². The fourth-order valence-corrected chi connectivity index (χ4v) is 0.663. The smallest absolute Gasteiger partial charge is 0.115 e. The molecule has 1 rings (SSSR count). The van der Waals surface area contributed by atoms with Crippen molar-refractivity contribution in [2.75, 3.05) is 0 Å². The van der Waals surface area contributed by atoms with Gasteiger partial charge < -0.3 is 0 Å². The first-order valence-corrected chi connectivity index (χ1v) is 2.83. The minimum absolute atomic E-state index is 0.454. The van der Waals surface area contributed by atoms with Crippen LogP contribution in [0.15, 0.2) is 18.2 Å². The fraction of sp³-hybridized carbons (Fsp3) is 0.125. The molecule has 1 aromatic rings. The predicted octanol–water partition coefficient (Wildman–Crippen LogP) is 1.83. The van der Waals surface area contributed by atoms with Crippen LogP contribution in [0.2, 0.25) is 0 Å². The van der Waals surface area contributed by atoms with E-state index >= 15 is 0 Å². The van der Waals surface area contributed by atoms with Crippen molar-refractivity contribution in [1.82, 2.24) is 0 Å². The molecule has 0 saturated heterocycles. The summed E-state index contributed by atoms with van der Waals surface area (Å²) in [5.74, 6) is 0. The lowest BCUT2D eigenvalue weighted by Crippen LogP contribution is -1.79. The Morgan fingerprint density at radius 1 is 1.60 bits per heavy atom.